The van der Waals surface area contributed by atoms with E-state index in [0.29, 0.717) is 5.56 Å². The second-order valence-electron chi connectivity index (χ2n) is 7.16. The number of halogens is 3. The molecule has 0 radical (unpaired) electrons. The van der Waals surface area contributed by atoms with E-state index < -0.39 is 36.0 Å². The molecule has 0 aromatic heterocycles. The Balaban J connectivity index is 2.97. The third-order valence-corrected chi connectivity index (χ3v) is 3.39. The Bertz CT molecular complexity index is 513. The summed E-state index contributed by atoms with van der Waals surface area (Å²) in [5.41, 5.74) is 1.05. The van der Waals surface area contributed by atoms with Gasteiger partial charge in [0.2, 0.25) is 0 Å². The van der Waals surface area contributed by atoms with E-state index in [2.05, 4.69) is 0 Å². The Morgan fingerprint density at radius 1 is 1.13 bits per heavy atom. The lowest BCUT2D eigenvalue weighted by molar-refractivity contribution is -0.159. The van der Waals surface area contributed by atoms with E-state index in [1.165, 1.54) is 6.92 Å². The highest BCUT2D eigenvalue weighted by atomic mass is 19.4. The number of hydrogen-bond acceptors (Lipinski definition) is 2. The van der Waals surface area contributed by atoms with Crippen LogP contribution in [0, 0.1) is 12.8 Å². The molecule has 0 saturated heterocycles. The fourth-order valence-electron chi connectivity index (χ4n) is 2.42. The molecule has 2 nitrogen and oxygen atoms in total. The van der Waals surface area contributed by atoms with Gasteiger partial charge in [-0.15, -0.1) is 0 Å². The van der Waals surface area contributed by atoms with Crippen molar-refractivity contribution in [1.29, 1.82) is 0 Å². The van der Waals surface area contributed by atoms with Crippen LogP contribution < -0.4 is 0 Å². The van der Waals surface area contributed by atoms with Gasteiger partial charge >= 0.3 is 12.1 Å². The quantitative estimate of drug-likeness (QED) is 0.676. The Morgan fingerprint density at radius 3 is 2.09 bits per heavy atom. The molecule has 0 aliphatic heterocycles. The highest BCUT2D eigenvalue weighted by molar-refractivity contribution is 5.78. The molecule has 0 N–H and O–H groups in total. The first kappa shape index (κ1) is 19.5. The maximum atomic E-state index is 12.6. The summed E-state index contributed by atoms with van der Waals surface area (Å²) in [6, 6.07) is 7.26. The van der Waals surface area contributed by atoms with Crippen molar-refractivity contribution < 1.29 is 22.7 Å². The molecule has 1 rings (SSSR count). The van der Waals surface area contributed by atoms with E-state index in [4.69, 9.17) is 4.74 Å². The number of ether oxygens (including phenoxy) is 1. The lowest BCUT2D eigenvalue weighted by Gasteiger charge is -2.26. The highest BCUT2D eigenvalue weighted by Crippen LogP contribution is 2.33. The summed E-state index contributed by atoms with van der Waals surface area (Å²) >= 11 is 0. The van der Waals surface area contributed by atoms with Gasteiger partial charge in [-0.2, -0.15) is 13.2 Å². The lowest BCUT2D eigenvalue weighted by atomic mass is 9.87. The Labute approximate surface area is 136 Å². The normalized spacial score (nSPS) is 15.1. The summed E-state index contributed by atoms with van der Waals surface area (Å²) in [7, 11) is 0. The minimum Gasteiger partial charge on any atom is -0.459 e. The van der Waals surface area contributed by atoms with Gasteiger partial charge in [0.25, 0.3) is 0 Å². The van der Waals surface area contributed by atoms with Gasteiger partial charge < -0.3 is 4.74 Å². The molecule has 0 aliphatic rings. The average Bonchev–Trinajstić information content (AvgIpc) is 2.33. The number of benzene rings is 1. The van der Waals surface area contributed by atoms with Crippen LogP contribution in [0.25, 0.3) is 0 Å². The summed E-state index contributed by atoms with van der Waals surface area (Å²) in [6.45, 7) is 8.67. The average molecular weight is 330 g/mol. The number of aryl methyl sites for hydroxylation is 1. The molecular formula is C18H25F3O2. The predicted octanol–water partition coefficient (Wildman–Crippen LogP) is 5.40. The van der Waals surface area contributed by atoms with Crippen LogP contribution in [-0.2, 0) is 9.53 Å². The molecule has 1 aromatic rings. The summed E-state index contributed by atoms with van der Waals surface area (Å²) in [6.07, 6.45) is -5.03. The first-order chi connectivity index (χ1) is 10.4. The van der Waals surface area contributed by atoms with E-state index in [9.17, 15) is 18.0 Å². The molecule has 5 heteroatoms. The van der Waals surface area contributed by atoms with Gasteiger partial charge in [0, 0.05) is 6.42 Å². The largest absolute Gasteiger partial charge is 0.459 e. The van der Waals surface area contributed by atoms with E-state index in [1.54, 1.807) is 32.9 Å². The van der Waals surface area contributed by atoms with Gasteiger partial charge in [0.05, 0.1) is 5.92 Å². The third-order valence-electron chi connectivity index (χ3n) is 3.39. The lowest BCUT2D eigenvalue weighted by Crippen LogP contribution is -2.29. The molecule has 2 unspecified atom stereocenters. The monoisotopic (exact) mass is 330 g/mol. The van der Waals surface area contributed by atoms with Gasteiger partial charge in [-0.25, -0.2) is 0 Å². The molecule has 0 spiro atoms. The van der Waals surface area contributed by atoms with E-state index >= 15 is 0 Å². The van der Waals surface area contributed by atoms with Crippen molar-refractivity contribution >= 4 is 5.97 Å². The standard InChI is InChI=1S/C18H25F3O2/c1-12-6-8-14(9-7-12)15(16(22)23-17(3,4)5)10-13(2)11-18(19,20)21/h6-9,13,15H,10-11H2,1-5H3. The van der Waals surface area contributed by atoms with Gasteiger partial charge in [-0.05, 0) is 45.6 Å². The summed E-state index contributed by atoms with van der Waals surface area (Å²) in [5, 5.41) is 0. The molecular weight excluding hydrogens is 305 g/mol. The molecule has 1 aromatic carbocycles. The second kappa shape index (κ2) is 7.37. The SMILES string of the molecule is Cc1ccc(C(CC(C)CC(F)(F)F)C(=O)OC(C)(C)C)cc1. The van der Waals surface area contributed by atoms with Crippen molar-refractivity contribution in [2.75, 3.05) is 0 Å². The number of esters is 1. The molecule has 0 bridgehead atoms. The van der Waals surface area contributed by atoms with Gasteiger partial charge in [0.15, 0.2) is 0 Å². The summed E-state index contributed by atoms with van der Waals surface area (Å²) in [4.78, 5) is 12.4. The van der Waals surface area contributed by atoms with Crippen LogP contribution in [0.5, 0.6) is 0 Å². The van der Waals surface area contributed by atoms with Crippen LogP contribution >= 0.6 is 0 Å². The molecule has 130 valence electrons. The van der Waals surface area contributed by atoms with Crippen LogP contribution in [0.15, 0.2) is 24.3 Å². The third kappa shape index (κ3) is 7.53. The maximum absolute atomic E-state index is 12.6. The number of rotatable bonds is 5. The Kier molecular flexibility index (Phi) is 6.25. The van der Waals surface area contributed by atoms with Crippen LogP contribution in [0.2, 0.25) is 0 Å². The summed E-state index contributed by atoms with van der Waals surface area (Å²) in [5.74, 6) is -1.82. The summed E-state index contributed by atoms with van der Waals surface area (Å²) < 4.78 is 43.1. The van der Waals surface area contributed by atoms with Crippen molar-refractivity contribution in [2.45, 2.75) is 65.2 Å². The maximum Gasteiger partial charge on any atom is 0.389 e. The number of hydrogen-bond donors (Lipinski definition) is 0. The van der Waals surface area contributed by atoms with Crippen molar-refractivity contribution in [3.8, 4) is 0 Å². The number of alkyl halides is 3. The predicted molar refractivity (Wildman–Crippen MR) is 84.2 cm³/mol. The van der Waals surface area contributed by atoms with Gasteiger partial charge in [-0.1, -0.05) is 36.8 Å². The van der Waals surface area contributed by atoms with Crippen LogP contribution in [0.4, 0.5) is 13.2 Å². The van der Waals surface area contributed by atoms with Gasteiger partial charge in [0.1, 0.15) is 5.60 Å². The minimum atomic E-state index is -4.23. The van der Waals surface area contributed by atoms with Crippen molar-refractivity contribution in [3.63, 3.8) is 0 Å². The molecule has 0 saturated carbocycles. The van der Waals surface area contributed by atoms with Crippen molar-refractivity contribution in [3.05, 3.63) is 35.4 Å². The zero-order valence-electron chi connectivity index (χ0n) is 14.3. The fourth-order valence-corrected chi connectivity index (χ4v) is 2.42. The minimum absolute atomic E-state index is 0.109. The first-order valence-corrected chi connectivity index (χ1v) is 7.73. The topological polar surface area (TPSA) is 26.3 Å². The fraction of sp³-hybridized carbons (Fsp3) is 0.611. The molecule has 0 fully saturated rings. The number of carbonyl (C=O) groups excluding carboxylic acids is 1. The van der Waals surface area contributed by atoms with Crippen molar-refractivity contribution in [1.82, 2.24) is 0 Å². The second-order valence-corrected chi connectivity index (χ2v) is 7.16. The zero-order valence-corrected chi connectivity index (χ0v) is 14.3. The molecule has 0 aliphatic carbocycles. The van der Waals surface area contributed by atoms with E-state index in [-0.39, 0.29) is 6.42 Å². The Hall–Kier alpha value is -1.52. The highest BCUT2D eigenvalue weighted by Gasteiger charge is 2.34. The first-order valence-electron chi connectivity index (χ1n) is 7.73. The molecule has 2 atom stereocenters. The van der Waals surface area contributed by atoms with E-state index in [0.717, 1.165) is 5.56 Å². The molecule has 0 heterocycles. The van der Waals surface area contributed by atoms with E-state index in [1.807, 2.05) is 19.1 Å². The number of carbonyl (C=O) groups is 1. The zero-order chi connectivity index (χ0) is 17.8. The van der Waals surface area contributed by atoms with Crippen LogP contribution in [0.1, 0.15) is 57.6 Å². The molecule has 23 heavy (non-hydrogen) atoms. The smallest absolute Gasteiger partial charge is 0.389 e. The van der Waals surface area contributed by atoms with Crippen molar-refractivity contribution in [2.24, 2.45) is 5.92 Å². The van der Waals surface area contributed by atoms with Crippen LogP contribution in [-0.4, -0.2) is 17.7 Å². The van der Waals surface area contributed by atoms with Gasteiger partial charge in [-0.3, -0.25) is 4.79 Å². The molecule has 0 amide bonds. The Morgan fingerprint density at radius 2 is 1.65 bits per heavy atom. The van der Waals surface area contributed by atoms with Crippen LogP contribution in [0.3, 0.4) is 0 Å².